The number of carbonyl (C=O) groups is 4. The lowest BCUT2D eigenvalue weighted by molar-refractivity contribution is -0.384. The SMILES string of the molecule is COC(=O)CN1C(=O)C(C)(C)c2cc(N)ccc21.COC(=O)CN1C(=O)C(C)(C)c2cc([N+](=O)[O-])ccc21. The standard InChI is InChI=1S/C13H14N2O5.C13H16N2O3/c1-13(2)9-6-8(15(18)19)4-5-10(9)14(12(13)17)7-11(16)20-3;1-13(2)9-6-8(14)4-5-10(9)15(12(13)17)7-11(16)18-3/h4-6H,7H2,1-3H3;4-6H,7,14H2,1-3H3. The third-order valence-electron chi connectivity index (χ3n) is 6.73. The minimum atomic E-state index is -0.907. The van der Waals surface area contributed by atoms with Crippen LogP contribution >= 0.6 is 0 Å². The summed E-state index contributed by atoms with van der Waals surface area (Å²) in [4.78, 5) is 60.5. The number of nitro benzene ring substituents is 1. The molecule has 0 aliphatic carbocycles. The number of anilines is 3. The molecule has 0 saturated heterocycles. The number of esters is 2. The van der Waals surface area contributed by atoms with E-state index in [9.17, 15) is 29.3 Å². The normalized spacial score (nSPS) is 16.3. The van der Waals surface area contributed by atoms with Gasteiger partial charge in [0.05, 0.1) is 30.0 Å². The number of non-ortho nitro benzene ring substituents is 1. The predicted molar refractivity (Wildman–Crippen MR) is 139 cm³/mol. The highest BCUT2D eigenvalue weighted by Crippen LogP contribution is 2.43. The molecule has 38 heavy (non-hydrogen) atoms. The maximum Gasteiger partial charge on any atom is 0.325 e. The van der Waals surface area contributed by atoms with Crippen LogP contribution in [0.1, 0.15) is 38.8 Å². The number of nitrogen functional groups attached to an aromatic ring is 1. The molecule has 202 valence electrons. The molecule has 0 bridgehead atoms. The van der Waals surface area contributed by atoms with Crippen LogP contribution in [0.15, 0.2) is 36.4 Å². The van der Waals surface area contributed by atoms with Gasteiger partial charge in [0, 0.05) is 29.2 Å². The van der Waals surface area contributed by atoms with Crippen molar-refractivity contribution in [2.45, 2.75) is 38.5 Å². The number of rotatable bonds is 5. The smallest absolute Gasteiger partial charge is 0.325 e. The zero-order valence-corrected chi connectivity index (χ0v) is 22.1. The van der Waals surface area contributed by atoms with Crippen LogP contribution in [-0.2, 0) is 39.5 Å². The van der Waals surface area contributed by atoms with Gasteiger partial charge in [0.2, 0.25) is 11.8 Å². The summed E-state index contributed by atoms with van der Waals surface area (Å²) >= 11 is 0. The Labute approximate surface area is 219 Å². The average molecular weight is 527 g/mol. The summed E-state index contributed by atoms with van der Waals surface area (Å²) in [5.41, 5.74) is 7.32. The molecule has 0 saturated carbocycles. The second-order valence-corrected chi connectivity index (χ2v) is 9.92. The molecule has 0 radical (unpaired) electrons. The third-order valence-corrected chi connectivity index (χ3v) is 6.73. The van der Waals surface area contributed by atoms with E-state index in [2.05, 4.69) is 9.47 Å². The Bertz CT molecular complexity index is 1330. The topological polar surface area (TPSA) is 162 Å². The Hall–Kier alpha value is -4.48. The maximum atomic E-state index is 12.4. The van der Waals surface area contributed by atoms with Crippen LogP contribution in [0.4, 0.5) is 22.7 Å². The van der Waals surface area contributed by atoms with Crippen LogP contribution in [-0.4, -0.2) is 56.0 Å². The van der Waals surface area contributed by atoms with Crippen molar-refractivity contribution >= 4 is 46.5 Å². The minimum Gasteiger partial charge on any atom is -0.468 e. The molecule has 2 N–H and O–H groups in total. The van der Waals surface area contributed by atoms with Crippen molar-refractivity contribution in [3.63, 3.8) is 0 Å². The molecule has 2 aliphatic rings. The Morgan fingerprint density at radius 2 is 1.26 bits per heavy atom. The molecule has 0 unspecified atom stereocenters. The second kappa shape index (κ2) is 10.1. The molecular formula is C26H30N4O8. The van der Waals surface area contributed by atoms with Crippen LogP contribution in [0.3, 0.4) is 0 Å². The number of benzene rings is 2. The number of hydrogen-bond acceptors (Lipinski definition) is 9. The Balaban J connectivity index is 0.000000212. The molecule has 4 rings (SSSR count). The number of nitrogens with zero attached hydrogens (tertiary/aromatic N) is 3. The molecule has 0 aromatic heterocycles. The largest absolute Gasteiger partial charge is 0.468 e. The molecule has 2 aromatic carbocycles. The van der Waals surface area contributed by atoms with Gasteiger partial charge < -0.3 is 25.0 Å². The minimum absolute atomic E-state index is 0.0737. The third kappa shape index (κ3) is 4.89. The van der Waals surface area contributed by atoms with Gasteiger partial charge in [-0.05, 0) is 63.1 Å². The van der Waals surface area contributed by atoms with Gasteiger partial charge in [-0.25, -0.2) is 0 Å². The lowest BCUT2D eigenvalue weighted by atomic mass is 9.86. The van der Waals surface area contributed by atoms with Crippen molar-refractivity contribution in [3.05, 3.63) is 57.6 Å². The van der Waals surface area contributed by atoms with E-state index in [0.717, 1.165) is 11.3 Å². The molecule has 0 fully saturated rings. The van der Waals surface area contributed by atoms with Crippen LogP contribution in [0.25, 0.3) is 0 Å². The van der Waals surface area contributed by atoms with Crippen LogP contribution in [0, 0.1) is 10.1 Å². The number of methoxy groups -OCH3 is 2. The average Bonchev–Trinajstić information content (AvgIpc) is 3.18. The molecule has 12 nitrogen and oxygen atoms in total. The zero-order valence-electron chi connectivity index (χ0n) is 22.1. The van der Waals surface area contributed by atoms with Crippen molar-refractivity contribution < 1.29 is 33.6 Å². The summed E-state index contributed by atoms with van der Waals surface area (Å²) in [5.74, 6) is -1.38. The Morgan fingerprint density at radius 1 is 0.842 bits per heavy atom. The van der Waals surface area contributed by atoms with E-state index >= 15 is 0 Å². The highest BCUT2D eigenvalue weighted by molar-refractivity contribution is 6.10. The number of ether oxygens (including phenoxy) is 2. The number of fused-ring (bicyclic) bond motifs is 2. The summed E-state index contributed by atoms with van der Waals surface area (Å²) in [5, 5.41) is 10.8. The summed E-state index contributed by atoms with van der Waals surface area (Å²) in [6, 6.07) is 9.45. The molecule has 2 aromatic rings. The quantitative estimate of drug-likeness (QED) is 0.267. The highest BCUT2D eigenvalue weighted by atomic mass is 16.6. The van der Waals surface area contributed by atoms with Gasteiger partial charge in [-0.15, -0.1) is 0 Å². The van der Waals surface area contributed by atoms with E-state index < -0.39 is 27.7 Å². The number of nitrogens with two attached hydrogens (primary N) is 1. The van der Waals surface area contributed by atoms with E-state index in [1.165, 1.54) is 42.2 Å². The monoisotopic (exact) mass is 526 g/mol. The molecule has 2 amide bonds. The molecule has 12 heteroatoms. The highest BCUT2D eigenvalue weighted by Gasteiger charge is 2.46. The summed E-state index contributed by atoms with van der Waals surface area (Å²) < 4.78 is 9.17. The van der Waals surface area contributed by atoms with Crippen LogP contribution in [0.2, 0.25) is 0 Å². The first-order valence-electron chi connectivity index (χ1n) is 11.6. The lowest BCUT2D eigenvalue weighted by Crippen LogP contribution is -2.39. The fourth-order valence-electron chi connectivity index (χ4n) is 4.49. The van der Waals surface area contributed by atoms with Crippen molar-refractivity contribution in [2.75, 3.05) is 42.8 Å². The fourth-order valence-corrected chi connectivity index (χ4v) is 4.49. The first-order valence-corrected chi connectivity index (χ1v) is 11.6. The van der Waals surface area contributed by atoms with Gasteiger partial charge in [-0.1, -0.05) is 0 Å². The van der Waals surface area contributed by atoms with E-state index in [0.29, 0.717) is 16.9 Å². The predicted octanol–water partition coefficient (Wildman–Crippen LogP) is 2.46. The molecule has 2 aliphatic heterocycles. The summed E-state index contributed by atoms with van der Waals surface area (Å²) in [6.45, 7) is 6.72. The number of amides is 2. The van der Waals surface area contributed by atoms with Crippen molar-refractivity contribution in [1.82, 2.24) is 0 Å². The maximum absolute atomic E-state index is 12.4. The van der Waals surface area contributed by atoms with Gasteiger partial charge >= 0.3 is 11.9 Å². The van der Waals surface area contributed by atoms with E-state index in [1.807, 2.05) is 13.8 Å². The first kappa shape index (κ1) is 28.1. The molecular weight excluding hydrogens is 496 g/mol. The van der Waals surface area contributed by atoms with E-state index in [4.69, 9.17) is 5.73 Å². The second-order valence-electron chi connectivity index (χ2n) is 9.92. The van der Waals surface area contributed by atoms with Gasteiger partial charge in [0.15, 0.2) is 0 Å². The number of hydrogen-bond donors (Lipinski definition) is 1. The zero-order chi connectivity index (χ0) is 28.6. The van der Waals surface area contributed by atoms with Crippen molar-refractivity contribution in [1.29, 1.82) is 0 Å². The number of carbonyl (C=O) groups excluding carboxylic acids is 4. The molecule has 0 spiro atoms. The van der Waals surface area contributed by atoms with Crippen molar-refractivity contribution in [3.8, 4) is 0 Å². The summed E-state index contributed by atoms with van der Waals surface area (Å²) in [7, 11) is 2.54. The van der Waals surface area contributed by atoms with Gasteiger partial charge in [0.1, 0.15) is 13.1 Å². The van der Waals surface area contributed by atoms with Crippen LogP contribution in [0.5, 0.6) is 0 Å². The van der Waals surface area contributed by atoms with E-state index in [1.54, 1.807) is 32.0 Å². The lowest BCUT2D eigenvalue weighted by Gasteiger charge is -2.19. The Kier molecular flexibility index (Phi) is 7.48. The number of nitro groups is 1. The molecule has 2 heterocycles. The summed E-state index contributed by atoms with van der Waals surface area (Å²) in [6.07, 6.45) is 0. The van der Waals surface area contributed by atoms with Crippen molar-refractivity contribution in [2.24, 2.45) is 0 Å². The van der Waals surface area contributed by atoms with Gasteiger partial charge in [-0.2, -0.15) is 0 Å². The van der Waals surface area contributed by atoms with Gasteiger partial charge in [0.25, 0.3) is 5.69 Å². The first-order chi connectivity index (χ1) is 17.7. The van der Waals surface area contributed by atoms with Crippen LogP contribution < -0.4 is 15.5 Å². The molecule has 0 atom stereocenters. The Morgan fingerprint density at radius 3 is 1.68 bits per heavy atom. The van der Waals surface area contributed by atoms with E-state index in [-0.39, 0.29) is 30.6 Å². The van der Waals surface area contributed by atoms with Gasteiger partial charge in [-0.3, -0.25) is 29.3 Å². The fraction of sp³-hybridized carbons (Fsp3) is 0.385.